The van der Waals surface area contributed by atoms with Crippen molar-refractivity contribution in [3.05, 3.63) is 29.8 Å². The van der Waals surface area contributed by atoms with Crippen LogP contribution in [0.3, 0.4) is 0 Å². The molecule has 2 amide bonds. The molecule has 110 valence electrons. The van der Waals surface area contributed by atoms with E-state index in [1.165, 1.54) is 6.07 Å². The van der Waals surface area contributed by atoms with E-state index in [1.54, 1.807) is 30.2 Å². The zero-order chi connectivity index (χ0) is 15.1. The Morgan fingerprint density at radius 2 is 2.05 bits per heavy atom. The third-order valence-electron chi connectivity index (χ3n) is 2.94. The van der Waals surface area contributed by atoms with Crippen molar-refractivity contribution in [3.8, 4) is 0 Å². The molecule has 20 heavy (non-hydrogen) atoms. The summed E-state index contributed by atoms with van der Waals surface area (Å²) in [7, 11) is 1.57. The number of para-hydroxylation sites is 1. The summed E-state index contributed by atoms with van der Waals surface area (Å²) in [5.74, 6) is -1.08. The van der Waals surface area contributed by atoms with Crippen molar-refractivity contribution in [2.45, 2.75) is 19.9 Å². The van der Waals surface area contributed by atoms with Crippen molar-refractivity contribution in [3.63, 3.8) is 0 Å². The lowest BCUT2D eigenvalue weighted by Gasteiger charge is -2.27. The van der Waals surface area contributed by atoms with E-state index < -0.39 is 5.97 Å². The molecule has 1 aromatic carbocycles. The predicted molar refractivity (Wildman–Crippen MR) is 76.1 cm³/mol. The van der Waals surface area contributed by atoms with Crippen molar-refractivity contribution in [2.75, 3.05) is 25.6 Å². The molecule has 6 nitrogen and oxygen atoms in total. The van der Waals surface area contributed by atoms with E-state index in [0.717, 1.165) is 0 Å². The number of benzene rings is 1. The predicted octanol–water partition coefficient (Wildman–Crippen LogP) is 2.27. The number of hydrogen-bond acceptors (Lipinski definition) is 3. The maximum Gasteiger partial charge on any atom is 0.337 e. The number of amides is 2. The minimum Gasteiger partial charge on any atom is -0.478 e. The van der Waals surface area contributed by atoms with Gasteiger partial charge in [0.25, 0.3) is 0 Å². The van der Waals surface area contributed by atoms with Gasteiger partial charge in [-0.25, -0.2) is 9.59 Å². The van der Waals surface area contributed by atoms with Gasteiger partial charge in [0.1, 0.15) is 0 Å². The Bertz CT molecular complexity index is 476. The van der Waals surface area contributed by atoms with Gasteiger partial charge in [0.05, 0.1) is 23.9 Å². The van der Waals surface area contributed by atoms with E-state index in [-0.39, 0.29) is 23.3 Å². The zero-order valence-corrected chi connectivity index (χ0v) is 11.9. The van der Waals surface area contributed by atoms with Crippen LogP contribution in [0, 0.1) is 0 Å². The van der Waals surface area contributed by atoms with E-state index in [1.807, 2.05) is 13.8 Å². The van der Waals surface area contributed by atoms with E-state index in [9.17, 15) is 9.59 Å². The van der Waals surface area contributed by atoms with Gasteiger partial charge in [-0.1, -0.05) is 12.1 Å². The summed E-state index contributed by atoms with van der Waals surface area (Å²) in [5.41, 5.74) is 0.351. The number of rotatable bonds is 6. The van der Waals surface area contributed by atoms with Crippen LogP contribution < -0.4 is 5.32 Å². The number of carbonyl (C=O) groups excluding carboxylic acids is 1. The summed E-state index contributed by atoms with van der Waals surface area (Å²) >= 11 is 0. The Kier molecular flexibility index (Phi) is 5.99. The number of urea groups is 1. The topological polar surface area (TPSA) is 78.9 Å². The van der Waals surface area contributed by atoms with Gasteiger partial charge in [0.15, 0.2) is 0 Å². The first kappa shape index (κ1) is 16.0. The van der Waals surface area contributed by atoms with Crippen molar-refractivity contribution < 1.29 is 19.4 Å². The quantitative estimate of drug-likeness (QED) is 0.837. The minimum atomic E-state index is -1.08. The molecule has 1 aromatic rings. The number of aromatic carboxylic acids is 1. The van der Waals surface area contributed by atoms with Crippen LogP contribution in [-0.2, 0) is 4.74 Å². The monoisotopic (exact) mass is 280 g/mol. The Hall–Kier alpha value is -2.08. The van der Waals surface area contributed by atoms with Gasteiger partial charge in [0, 0.05) is 13.7 Å². The van der Waals surface area contributed by atoms with Gasteiger partial charge in [-0.15, -0.1) is 0 Å². The normalized spacial score (nSPS) is 11.8. The molecule has 0 heterocycles. The van der Waals surface area contributed by atoms with E-state index in [4.69, 9.17) is 9.84 Å². The smallest absolute Gasteiger partial charge is 0.337 e. The molecule has 0 aliphatic rings. The van der Waals surface area contributed by atoms with Crippen LogP contribution in [0.2, 0.25) is 0 Å². The van der Waals surface area contributed by atoms with Crippen LogP contribution in [0.5, 0.6) is 0 Å². The molecular weight excluding hydrogens is 260 g/mol. The zero-order valence-electron chi connectivity index (χ0n) is 11.9. The molecule has 0 fully saturated rings. The Morgan fingerprint density at radius 3 is 2.60 bits per heavy atom. The van der Waals surface area contributed by atoms with Gasteiger partial charge in [-0.2, -0.15) is 0 Å². The molecular formula is C14H20N2O4. The van der Waals surface area contributed by atoms with E-state index in [0.29, 0.717) is 13.2 Å². The summed E-state index contributed by atoms with van der Waals surface area (Å²) < 4.78 is 5.03. The third kappa shape index (κ3) is 3.96. The van der Waals surface area contributed by atoms with Crippen molar-refractivity contribution in [1.29, 1.82) is 0 Å². The molecule has 0 aliphatic carbocycles. The number of carboxylic acid groups (broad SMARTS) is 1. The first-order valence-electron chi connectivity index (χ1n) is 6.40. The number of carboxylic acids is 1. The summed E-state index contributed by atoms with van der Waals surface area (Å²) in [4.78, 5) is 24.9. The third-order valence-corrected chi connectivity index (χ3v) is 2.94. The summed E-state index contributed by atoms with van der Waals surface area (Å²) in [6.07, 6.45) is 0. The average molecular weight is 280 g/mol. The molecule has 0 aromatic heterocycles. The fourth-order valence-electron chi connectivity index (χ4n) is 1.95. The molecule has 1 unspecified atom stereocenters. The second-order valence-corrected chi connectivity index (χ2v) is 4.37. The first-order valence-corrected chi connectivity index (χ1v) is 6.40. The van der Waals surface area contributed by atoms with Gasteiger partial charge in [-0.05, 0) is 26.0 Å². The maximum absolute atomic E-state index is 12.2. The van der Waals surface area contributed by atoms with Crippen LogP contribution in [0.15, 0.2) is 24.3 Å². The number of likely N-dealkylation sites (N-methyl/N-ethyl adjacent to an activating group) is 1. The Labute approximate surface area is 118 Å². The van der Waals surface area contributed by atoms with Crippen molar-refractivity contribution in [1.82, 2.24) is 4.90 Å². The van der Waals surface area contributed by atoms with Crippen LogP contribution in [-0.4, -0.2) is 48.3 Å². The highest BCUT2D eigenvalue weighted by atomic mass is 16.5. The molecule has 2 N–H and O–H groups in total. The lowest BCUT2D eigenvalue weighted by molar-refractivity contribution is 0.0698. The fraction of sp³-hybridized carbons (Fsp3) is 0.429. The van der Waals surface area contributed by atoms with E-state index in [2.05, 4.69) is 5.32 Å². The number of ether oxygens (including phenoxy) is 1. The van der Waals surface area contributed by atoms with Crippen molar-refractivity contribution >= 4 is 17.7 Å². The highest BCUT2D eigenvalue weighted by Crippen LogP contribution is 2.16. The number of methoxy groups -OCH3 is 1. The largest absolute Gasteiger partial charge is 0.478 e. The average Bonchev–Trinajstić information content (AvgIpc) is 2.40. The number of anilines is 1. The number of carbonyl (C=O) groups is 2. The lowest BCUT2D eigenvalue weighted by atomic mass is 10.2. The molecule has 6 heteroatoms. The summed E-state index contributed by atoms with van der Waals surface area (Å²) in [6, 6.07) is 5.87. The molecule has 1 rings (SSSR count). The SMILES string of the molecule is CCN(C(=O)Nc1ccccc1C(=O)O)C(C)COC. The van der Waals surface area contributed by atoms with Gasteiger partial charge < -0.3 is 20.1 Å². The standard InChI is InChI=1S/C14H20N2O4/c1-4-16(10(2)9-20-3)14(19)15-12-8-6-5-7-11(12)13(17)18/h5-8,10H,4,9H2,1-3H3,(H,15,19)(H,17,18). The minimum absolute atomic E-state index is 0.0660. The number of hydrogen-bond donors (Lipinski definition) is 2. The van der Waals surface area contributed by atoms with E-state index >= 15 is 0 Å². The molecule has 0 aliphatic heterocycles. The van der Waals surface area contributed by atoms with Gasteiger partial charge >= 0.3 is 12.0 Å². The highest BCUT2D eigenvalue weighted by Gasteiger charge is 2.20. The summed E-state index contributed by atoms with van der Waals surface area (Å²) in [5, 5.41) is 11.7. The molecule has 0 radical (unpaired) electrons. The molecule has 1 atom stereocenters. The van der Waals surface area contributed by atoms with Crippen molar-refractivity contribution in [2.24, 2.45) is 0 Å². The maximum atomic E-state index is 12.2. The molecule has 0 saturated carbocycles. The van der Waals surface area contributed by atoms with Crippen LogP contribution in [0.1, 0.15) is 24.2 Å². The second-order valence-electron chi connectivity index (χ2n) is 4.37. The highest BCUT2D eigenvalue weighted by molar-refractivity contribution is 6.00. The second kappa shape index (κ2) is 7.49. The number of nitrogens with one attached hydrogen (secondary N) is 1. The van der Waals surface area contributed by atoms with Gasteiger partial charge in [-0.3, -0.25) is 0 Å². The Balaban J connectivity index is 2.86. The molecule has 0 saturated heterocycles. The number of nitrogens with zero attached hydrogens (tertiary/aromatic N) is 1. The molecule has 0 bridgehead atoms. The lowest BCUT2D eigenvalue weighted by Crippen LogP contribution is -2.43. The van der Waals surface area contributed by atoms with Crippen LogP contribution >= 0.6 is 0 Å². The fourth-order valence-corrected chi connectivity index (χ4v) is 1.95. The summed E-state index contributed by atoms with van der Waals surface area (Å²) in [6.45, 7) is 4.65. The van der Waals surface area contributed by atoms with Gasteiger partial charge in [0.2, 0.25) is 0 Å². The Morgan fingerprint density at radius 1 is 1.40 bits per heavy atom. The first-order chi connectivity index (χ1) is 9.51. The molecule has 0 spiro atoms. The van der Waals surface area contributed by atoms with Crippen LogP contribution in [0.4, 0.5) is 10.5 Å². The van der Waals surface area contributed by atoms with Crippen LogP contribution in [0.25, 0.3) is 0 Å².